The third kappa shape index (κ3) is 1.16. The first kappa shape index (κ1) is 8.79. The van der Waals surface area contributed by atoms with Gasteiger partial charge in [-0.3, -0.25) is 4.40 Å². The van der Waals surface area contributed by atoms with Crippen molar-refractivity contribution in [2.45, 2.75) is 6.92 Å². The Morgan fingerprint density at radius 3 is 2.93 bits per heavy atom. The van der Waals surface area contributed by atoms with Crippen molar-refractivity contribution in [3.63, 3.8) is 0 Å². The van der Waals surface area contributed by atoms with E-state index in [1.165, 1.54) is 17.4 Å². The van der Waals surface area contributed by atoms with Gasteiger partial charge in [0.25, 0.3) is 0 Å². The smallest absolute Gasteiger partial charge is 0.195 e. The van der Waals surface area contributed by atoms with Gasteiger partial charge in [-0.2, -0.15) is 0 Å². The minimum absolute atomic E-state index is 0.400. The highest BCUT2D eigenvalue weighted by atomic mass is 32.1. The molecule has 0 aliphatic heterocycles. The minimum Gasteiger partial charge on any atom is -0.287 e. The Kier molecular flexibility index (Phi) is 1.62. The van der Waals surface area contributed by atoms with E-state index in [9.17, 15) is 8.78 Å². The number of imidazole rings is 1. The molecule has 1 aromatic carbocycles. The maximum absolute atomic E-state index is 13.5. The van der Waals surface area contributed by atoms with E-state index in [1.54, 1.807) is 10.6 Å². The Bertz CT molecular complexity index is 669. The molecule has 0 saturated heterocycles. The van der Waals surface area contributed by atoms with Gasteiger partial charge in [0, 0.05) is 12.3 Å². The van der Waals surface area contributed by atoms with Gasteiger partial charge < -0.3 is 0 Å². The van der Waals surface area contributed by atoms with Crippen LogP contribution in [0.4, 0.5) is 8.78 Å². The first-order valence-corrected chi connectivity index (χ1v) is 5.20. The molecule has 0 N–H and O–H groups in total. The largest absolute Gasteiger partial charge is 0.287 e. The maximum Gasteiger partial charge on any atom is 0.195 e. The number of hydrogen-bond acceptors (Lipinski definition) is 2. The fourth-order valence-electron chi connectivity index (χ4n) is 1.66. The van der Waals surface area contributed by atoms with Crippen LogP contribution in [0.15, 0.2) is 18.3 Å². The van der Waals surface area contributed by atoms with Crippen LogP contribution >= 0.6 is 11.3 Å². The first-order valence-electron chi connectivity index (χ1n) is 4.38. The summed E-state index contributed by atoms with van der Waals surface area (Å²) in [6.07, 6.45) is 1.75. The molecule has 3 aromatic rings. The minimum atomic E-state index is -0.554. The molecule has 3 rings (SSSR count). The normalized spacial score (nSPS) is 11.7. The summed E-state index contributed by atoms with van der Waals surface area (Å²) >= 11 is 1.28. The summed E-state index contributed by atoms with van der Waals surface area (Å²) in [5.41, 5.74) is 1.23. The van der Waals surface area contributed by atoms with E-state index in [2.05, 4.69) is 4.98 Å². The van der Waals surface area contributed by atoms with Crippen molar-refractivity contribution in [3.05, 3.63) is 35.7 Å². The van der Waals surface area contributed by atoms with Gasteiger partial charge in [-0.1, -0.05) is 11.3 Å². The second-order valence-electron chi connectivity index (χ2n) is 3.37. The van der Waals surface area contributed by atoms with Gasteiger partial charge in [0.2, 0.25) is 0 Å². The number of hydrogen-bond donors (Lipinski definition) is 0. The van der Waals surface area contributed by atoms with Crippen LogP contribution in [0.5, 0.6) is 0 Å². The number of aromatic nitrogens is 2. The first-order chi connectivity index (χ1) is 7.15. The summed E-state index contributed by atoms with van der Waals surface area (Å²) in [6.45, 7) is 1.84. The van der Waals surface area contributed by atoms with Crippen molar-refractivity contribution < 1.29 is 8.78 Å². The lowest BCUT2D eigenvalue weighted by Gasteiger charge is -1.94. The van der Waals surface area contributed by atoms with E-state index >= 15 is 0 Å². The van der Waals surface area contributed by atoms with Gasteiger partial charge in [0.15, 0.2) is 10.8 Å². The van der Waals surface area contributed by atoms with E-state index in [-0.39, 0.29) is 0 Å². The molecule has 0 saturated carbocycles. The summed E-state index contributed by atoms with van der Waals surface area (Å²) in [4.78, 5) is 4.90. The zero-order valence-corrected chi connectivity index (χ0v) is 8.61. The molecular weight excluding hydrogens is 218 g/mol. The number of benzene rings is 1. The molecule has 2 nitrogen and oxygen atoms in total. The quantitative estimate of drug-likeness (QED) is 0.573. The number of thiazole rings is 1. The van der Waals surface area contributed by atoms with Gasteiger partial charge in [0.05, 0.1) is 10.4 Å². The molecule has 76 valence electrons. The fraction of sp³-hybridized carbons (Fsp3) is 0.100. The second kappa shape index (κ2) is 2.76. The van der Waals surface area contributed by atoms with Crippen LogP contribution in [0.1, 0.15) is 5.69 Å². The Morgan fingerprint density at radius 1 is 1.33 bits per heavy atom. The number of fused-ring (bicyclic) bond motifs is 3. The van der Waals surface area contributed by atoms with E-state index < -0.39 is 11.6 Å². The lowest BCUT2D eigenvalue weighted by atomic mass is 10.3. The molecule has 2 heterocycles. The zero-order valence-electron chi connectivity index (χ0n) is 7.79. The Morgan fingerprint density at radius 2 is 2.13 bits per heavy atom. The SMILES string of the molecule is Cc1cn2c(n1)sc1cc(F)cc(F)c12. The van der Waals surface area contributed by atoms with Crippen molar-refractivity contribution in [1.82, 2.24) is 9.38 Å². The molecule has 0 spiro atoms. The van der Waals surface area contributed by atoms with Gasteiger partial charge in [-0.05, 0) is 13.0 Å². The van der Waals surface area contributed by atoms with Crippen LogP contribution in [-0.4, -0.2) is 9.38 Å². The van der Waals surface area contributed by atoms with E-state index in [1.807, 2.05) is 6.92 Å². The third-order valence-corrected chi connectivity index (χ3v) is 3.23. The Balaban J connectivity index is 2.57. The fourth-order valence-corrected chi connectivity index (χ4v) is 2.75. The monoisotopic (exact) mass is 224 g/mol. The van der Waals surface area contributed by atoms with Crippen molar-refractivity contribution in [2.24, 2.45) is 0 Å². The molecule has 0 atom stereocenters. The topological polar surface area (TPSA) is 17.3 Å². The van der Waals surface area contributed by atoms with Crippen molar-refractivity contribution in [2.75, 3.05) is 0 Å². The predicted octanol–water partition coefficient (Wildman–Crippen LogP) is 3.14. The Labute approximate surface area is 87.8 Å². The summed E-state index contributed by atoms with van der Waals surface area (Å²) in [5, 5.41) is 0. The highest BCUT2D eigenvalue weighted by Crippen LogP contribution is 2.28. The molecule has 2 aromatic heterocycles. The van der Waals surface area contributed by atoms with Crippen LogP contribution in [0.3, 0.4) is 0 Å². The van der Waals surface area contributed by atoms with Crippen molar-refractivity contribution in [1.29, 1.82) is 0 Å². The molecule has 15 heavy (non-hydrogen) atoms. The number of nitrogens with zero attached hydrogens (tertiary/aromatic N) is 2. The third-order valence-electron chi connectivity index (χ3n) is 2.23. The van der Waals surface area contributed by atoms with Crippen molar-refractivity contribution in [3.8, 4) is 0 Å². The van der Waals surface area contributed by atoms with Gasteiger partial charge >= 0.3 is 0 Å². The average molecular weight is 224 g/mol. The van der Waals surface area contributed by atoms with Crippen molar-refractivity contribution >= 4 is 26.5 Å². The molecule has 5 heteroatoms. The molecule has 0 fully saturated rings. The van der Waals surface area contributed by atoms with E-state index in [4.69, 9.17) is 0 Å². The van der Waals surface area contributed by atoms with Gasteiger partial charge in [0.1, 0.15) is 11.3 Å². The zero-order chi connectivity index (χ0) is 10.6. The number of aryl methyl sites for hydroxylation is 1. The highest BCUT2D eigenvalue weighted by molar-refractivity contribution is 7.23. The second-order valence-corrected chi connectivity index (χ2v) is 4.38. The van der Waals surface area contributed by atoms with Gasteiger partial charge in [-0.25, -0.2) is 13.8 Å². The molecule has 0 amide bonds. The Hall–Kier alpha value is -1.49. The van der Waals surface area contributed by atoms with Crippen LogP contribution in [0, 0.1) is 18.6 Å². The lowest BCUT2D eigenvalue weighted by molar-refractivity contribution is 0.590. The van der Waals surface area contributed by atoms with E-state index in [0.29, 0.717) is 15.2 Å². The predicted molar refractivity (Wildman–Crippen MR) is 55.2 cm³/mol. The molecule has 0 aliphatic rings. The summed E-state index contributed by atoms with van der Waals surface area (Å²) in [6, 6.07) is 2.22. The van der Waals surface area contributed by atoms with Crippen LogP contribution in [0.2, 0.25) is 0 Å². The molecular formula is C10H6F2N2S. The number of rotatable bonds is 0. The van der Waals surface area contributed by atoms with Gasteiger partial charge in [-0.15, -0.1) is 0 Å². The van der Waals surface area contributed by atoms with Crippen LogP contribution in [0.25, 0.3) is 15.2 Å². The lowest BCUT2D eigenvalue weighted by Crippen LogP contribution is -1.85. The highest BCUT2D eigenvalue weighted by Gasteiger charge is 2.12. The summed E-state index contributed by atoms with van der Waals surface area (Å²) < 4.78 is 28.7. The molecule has 0 unspecified atom stereocenters. The summed E-state index contributed by atoms with van der Waals surface area (Å²) in [7, 11) is 0. The van der Waals surface area contributed by atoms with E-state index in [0.717, 1.165) is 11.8 Å². The summed E-state index contributed by atoms with van der Waals surface area (Å²) in [5.74, 6) is -1.10. The molecule has 0 aliphatic carbocycles. The number of halogens is 2. The average Bonchev–Trinajstić information content (AvgIpc) is 2.58. The molecule has 0 radical (unpaired) electrons. The van der Waals surface area contributed by atoms with Crippen LogP contribution < -0.4 is 0 Å². The van der Waals surface area contributed by atoms with Crippen LogP contribution in [-0.2, 0) is 0 Å². The standard InChI is InChI=1S/C10H6F2N2S/c1-5-4-14-9-7(12)2-6(11)3-8(9)15-10(14)13-5/h2-4H,1H3. The maximum atomic E-state index is 13.5. The molecule has 0 bridgehead atoms.